The summed E-state index contributed by atoms with van der Waals surface area (Å²) < 4.78 is 42.0. The SMILES string of the molecule is Cc1nn([C@H]2CCS(=O)(=O)C2)c(C)c1[C@@H]1CC(=O)Oc2cc3c(cc21)OCO3. The molecule has 8 nitrogen and oxygen atoms in total. The van der Waals surface area contributed by atoms with Crippen LogP contribution in [0.2, 0.25) is 0 Å². The van der Waals surface area contributed by atoms with Crippen LogP contribution >= 0.6 is 0 Å². The summed E-state index contributed by atoms with van der Waals surface area (Å²) in [7, 11) is -3.02. The highest BCUT2D eigenvalue weighted by atomic mass is 32.2. The molecule has 0 amide bonds. The summed E-state index contributed by atoms with van der Waals surface area (Å²) in [5.41, 5.74) is 3.49. The van der Waals surface area contributed by atoms with Gasteiger partial charge in [0.25, 0.3) is 0 Å². The molecule has 1 saturated heterocycles. The van der Waals surface area contributed by atoms with Gasteiger partial charge in [-0.05, 0) is 26.3 Å². The fourth-order valence-electron chi connectivity index (χ4n) is 4.50. The Hall–Kier alpha value is -2.55. The van der Waals surface area contributed by atoms with E-state index in [1.807, 2.05) is 24.6 Å². The molecule has 5 rings (SSSR count). The van der Waals surface area contributed by atoms with E-state index in [0.29, 0.717) is 23.7 Å². The minimum absolute atomic E-state index is 0.108. The third-order valence-electron chi connectivity index (χ3n) is 5.76. The Labute approximate surface area is 162 Å². The molecule has 9 heteroatoms. The average molecular weight is 404 g/mol. The number of fused-ring (bicyclic) bond motifs is 2. The molecule has 1 aromatic carbocycles. The smallest absolute Gasteiger partial charge is 0.312 e. The summed E-state index contributed by atoms with van der Waals surface area (Å²) in [5.74, 6) is 1.42. The summed E-state index contributed by atoms with van der Waals surface area (Å²) in [6, 6.07) is 3.40. The van der Waals surface area contributed by atoms with Crippen molar-refractivity contribution in [1.82, 2.24) is 9.78 Å². The molecule has 0 aliphatic carbocycles. The lowest BCUT2D eigenvalue weighted by Crippen LogP contribution is -2.22. The first-order valence-corrected chi connectivity index (χ1v) is 11.0. The second-order valence-corrected chi connectivity index (χ2v) is 9.79. The maximum atomic E-state index is 12.3. The van der Waals surface area contributed by atoms with Gasteiger partial charge in [-0.25, -0.2) is 8.42 Å². The van der Waals surface area contributed by atoms with Gasteiger partial charge in [0.2, 0.25) is 6.79 Å². The van der Waals surface area contributed by atoms with Crippen molar-refractivity contribution in [3.05, 3.63) is 34.6 Å². The monoisotopic (exact) mass is 404 g/mol. The van der Waals surface area contributed by atoms with Crippen molar-refractivity contribution < 1.29 is 27.4 Å². The molecule has 3 aliphatic heterocycles. The highest BCUT2D eigenvalue weighted by molar-refractivity contribution is 7.91. The summed E-state index contributed by atoms with van der Waals surface area (Å²) >= 11 is 0. The van der Waals surface area contributed by atoms with Crippen LogP contribution in [0, 0.1) is 13.8 Å². The molecule has 0 N–H and O–H groups in total. The van der Waals surface area contributed by atoms with E-state index in [1.54, 1.807) is 6.07 Å². The number of esters is 1. The molecule has 0 saturated carbocycles. The first kappa shape index (κ1) is 17.5. The molecule has 2 aromatic rings. The number of aryl methyl sites for hydroxylation is 1. The lowest BCUT2D eigenvalue weighted by Gasteiger charge is -2.25. The number of aromatic nitrogens is 2. The standard InChI is InChI=1S/C19H20N2O6S/c1-10-19(11(2)21(20-10)12-3-4-28(23,24)8-12)14-6-18(22)27-15-7-17-16(5-13(14)15)25-9-26-17/h5,7,12,14H,3-4,6,8-9H2,1-2H3/t12-,14+/m0/s1. The number of rotatable bonds is 2. The first-order valence-electron chi connectivity index (χ1n) is 9.22. The van der Waals surface area contributed by atoms with Crippen LogP contribution < -0.4 is 14.2 Å². The predicted molar refractivity (Wildman–Crippen MR) is 98.7 cm³/mol. The minimum atomic E-state index is -3.02. The molecule has 1 fully saturated rings. The highest BCUT2D eigenvalue weighted by Crippen LogP contribution is 2.47. The van der Waals surface area contributed by atoms with E-state index < -0.39 is 9.84 Å². The van der Waals surface area contributed by atoms with Gasteiger partial charge in [0, 0.05) is 28.8 Å². The molecular weight excluding hydrogens is 384 g/mol. The Morgan fingerprint density at radius 2 is 1.89 bits per heavy atom. The third-order valence-corrected chi connectivity index (χ3v) is 7.51. The van der Waals surface area contributed by atoms with Gasteiger partial charge >= 0.3 is 5.97 Å². The second-order valence-electron chi connectivity index (χ2n) is 7.56. The number of nitrogens with zero attached hydrogens (tertiary/aromatic N) is 2. The largest absolute Gasteiger partial charge is 0.454 e. The molecule has 0 unspecified atom stereocenters. The van der Waals surface area contributed by atoms with Crippen LogP contribution in [-0.4, -0.2) is 42.5 Å². The zero-order chi connectivity index (χ0) is 19.6. The van der Waals surface area contributed by atoms with Crippen molar-refractivity contribution in [2.24, 2.45) is 0 Å². The summed E-state index contributed by atoms with van der Waals surface area (Å²) in [6.07, 6.45) is 0.759. The molecule has 28 heavy (non-hydrogen) atoms. The van der Waals surface area contributed by atoms with Gasteiger partial charge < -0.3 is 14.2 Å². The van der Waals surface area contributed by atoms with E-state index in [2.05, 4.69) is 5.10 Å². The molecule has 148 valence electrons. The summed E-state index contributed by atoms with van der Waals surface area (Å²) in [4.78, 5) is 12.3. The van der Waals surface area contributed by atoms with Crippen molar-refractivity contribution in [3.8, 4) is 17.2 Å². The molecule has 4 heterocycles. The Bertz CT molecular complexity index is 1100. The van der Waals surface area contributed by atoms with E-state index in [-0.39, 0.29) is 42.6 Å². The second kappa shape index (κ2) is 5.97. The summed E-state index contributed by atoms with van der Waals surface area (Å²) in [5, 5.41) is 4.65. The fourth-order valence-corrected chi connectivity index (χ4v) is 6.19. The lowest BCUT2D eigenvalue weighted by molar-refractivity contribution is -0.135. The van der Waals surface area contributed by atoms with Crippen molar-refractivity contribution in [1.29, 1.82) is 0 Å². The summed E-state index contributed by atoms with van der Waals surface area (Å²) in [6.45, 7) is 3.98. The molecule has 2 atom stereocenters. The molecule has 0 radical (unpaired) electrons. The fraction of sp³-hybridized carbons (Fsp3) is 0.474. The van der Waals surface area contributed by atoms with Gasteiger partial charge in [-0.15, -0.1) is 0 Å². The van der Waals surface area contributed by atoms with Crippen LogP contribution in [0.3, 0.4) is 0 Å². The topological polar surface area (TPSA) is 96.7 Å². The van der Waals surface area contributed by atoms with Gasteiger partial charge in [-0.2, -0.15) is 5.10 Å². The van der Waals surface area contributed by atoms with Crippen molar-refractivity contribution in [2.45, 2.75) is 38.6 Å². The van der Waals surface area contributed by atoms with E-state index >= 15 is 0 Å². The van der Waals surface area contributed by atoms with Crippen LogP contribution in [0.5, 0.6) is 17.2 Å². The van der Waals surface area contributed by atoms with Crippen LogP contribution in [-0.2, 0) is 14.6 Å². The highest BCUT2D eigenvalue weighted by Gasteiger charge is 2.37. The van der Waals surface area contributed by atoms with Crippen LogP contribution in [0.25, 0.3) is 0 Å². The number of sulfone groups is 1. The Kier molecular flexibility index (Phi) is 3.74. The minimum Gasteiger partial charge on any atom is -0.454 e. The van der Waals surface area contributed by atoms with Crippen molar-refractivity contribution >= 4 is 15.8 Å². The number of hydrogen-bond acceptors (Lipinski definition) is 7. The quantitative estimate of drug-likeness (QED) is 0.558. The number of benzene rings is 1. The molecule has 1 aromatic heterocycles. The number of carbonyl (C=O) groups excluding carboxylic acids is 1. The zero-order valence-electron chi connectivity index (χ0n) is 15.6. The first-order chi connectivity index (χ1) is 13.3. The Balaban J connectivity index is 1.60. The van der Waals surface area contributed by atoms with Gasteiger partial charge in [0.15, 0.2) is 21.3 Å². The number of carbonyl (C=O) groups is 1. The average Bonchev–Trinajstić information content (AvgIpc) is 3.30. The number of ether oxygens (including phenoxy) is 3. The van der Waals surface area contributed by atoms with Crippen LogP contribution in [0.4, 0.5) is 0 Å². The maximum absolute atomic E-state index is 12.3. The normalized spacial score (nSPS) is 24.9. The lowest BCUT2D eigenvalue weighted by atomic mass is 9.85. The van der Waals surface area contributed by atoms with Crippen molar-refractivity contribution in [3.63, 3.8) is 0 Å². The maximum Gasteiger partial charge on any atom is 0.312 e. The van der Waals surface area contributed by atoms with Crippen LogP contribution in [0.1, 0.15) is 47.3 Å². The predicted octanol–water partition coefficient (Wildman–Crippen LogP) is 2.03. The van der Waals surface area contributed by atoms with E-state index in [4.69, 9.17) is 14.2 Å². The van der Waals surface area contributed by atoms with Gasteiger partial charge in [0.1, 0.15) is 5.75 Å². The number of hydrogen-bond donors (Lipinski definition) is 0. The molecule has 3 aliphatic rings. The van der Waals surface area contributed by atoms with Crippen LogP contribution in [0.15, 0.2) is 12.1 Å². The van der Waals surface area contributed by atoms with Gasteiger partial charge in [0.05, 0.1) is 29.7 Å². The Morgan fingerprint density at radius 3 is 2.61 bits per heavy atom. The molecule has 0 bridgehead atoms. The Morgan fingerprint density at radius 1 is 1.14 bits per heavy atom. The van der Waals surface area contributed by atoms with E-state index in [1.165, 1.54) is 0 Å². The third kappa shape index (κ3) is 2.68. The van der Waals surface area contributed by atoms with Gasteiger partial charge in [-0.1, -0.05) is 0 Å². The zero-order valence-corrected chi connectivity index (χ0v) is 16.4. The van der Waals surface area contributed by atoms with Crippen molar-refractivity contribution in [2.75, 3.05) is 18.3 Å². The van der Waals surface area contributed by atoms with E-state index in [0.717, 1.165) is 22.5 Å². The molecular formula is C19H20N2O6S. The van der Waals surface area contributed by atoms with E-state index in [9.17, 15) is 13.2 Å². The van der Waals surface area contributed by atoms with Gasteiger partial charge in [-0.3, -0.25) is 9.48 Å². The molecule has 0 spiro atoms.